The van der Waals surface area contributed by atoms with Crippen LogP contribution < -0.4 is 5.32 Å². The molecule has 2 aromatic carbocycles. The van der Waals surface area contributed by atoms with Crippen LogP contribution in [0.2, 0.25) is 0 Å². The van der Waals surface area contributed by atoms with Gasteiger partial charge in [0.05, 0.1) is 22.2 Å². The predicted octanol–water partition coefficient (Wildman–Crippen LogP) is 3.85. The summed E-state index contributed by atoms with van der Waals surface area (Å²) in [7, 11) is -3.86. The third kappa shape index (κ3) is 4.08. The van der Waals surface area contributed by atoms with Gasteiger partial charge in [-0.2, -0.15) is 22.6 Å². The van der Waals surface area contributed by atoms with Crippen molar-refractivity contribution in [3.63, 3.8) is 0 Å². The van der Waals surface area contributed by atoms with Crippen LogP contribution >= 0.6 is 0 Å². The van der Waals surface area contributed by atoms with E-state index in [-0.39, 0.29) is 17.5 Å². The lowest BCUT2D eigenvalue weighted by atomic mass is 10.1. The summed E-state index contributed by atoms with van der Waals surface area (Å²) in [5, 5.41) is 11.1. The van der Waals surface area contributed by atoms with Gasteiger partial charge in [0.2, 0.25) is 10.0 Å². The van der Waals surface area contributed by atoms with Crippen molar-refractivity contribution in [2.75, 3.05) is 18.4 Å². The van der Waals surface area contributed by atoms with Crippen LogP contribution in [0.15, 0.2) is 53.6 Å². The van der Waals surface area contributed by atoms with Gasteiger partial charge in [0, 0.05) is 30.2 Å². The van der Waals surface area contributed by atoms with E-state index in [1.54, 1.807) is 6.20 Å². The first kappa shape index (κ1) is 19.7. The molecule has 4 rings (SSSR count). The summed E-state index contributed by atoms with van der Waals surface area (Å²) in [5.41, 5.74) is 0.896. The van der Waals surface area contributed by atoms with E-state index in [1.165, 1.54) is 4.31 Å². The van der Waals surface area contributed by atoms with Crippen molar-refractivity contribution in [2.45, 2.75) is 30.0 Å². The zero-order chi connectivity index (χ0) is 20.6. The fourth-order valence-electron chi connectivity index (χ4n) is 3.51. The summed E-state index contributed by atoms with van der Waals surface area (Å²) in [6, 6.07) is 9.25. The molecule has 1 saturated heterocycles. The Hall–Kier alpha value is -2.59. The Morgan fingerprint density at radius 2 is 1.90 bits per heavy atom. The zero-order valence-corrected chi connectivity index (χ0v) is 16.1. The zero-order valence-electron chi connectivity index (χ0n) is 15.3. The van der Waals surface area contributed by atoms with E-state index in [0.29, 0.717) is 13.0 Å². The number of nitrogens with one attached hydrogen (secondary N) is 2. The molecule has 1 atom stereocenters. The highest BCUT2D eigenvalue weighted by molar-refractivity contribution is 7.89. The lowest BCUT2D eigenvalue weighted by Crippen LogP contribution is -2.45. The van der Waals surface area contributed by atoms with Crippen LogP contribution in [0.4, 0.5) is 18.9 Å². The predicted molar refractivity (Wildman–Crippen MR) is 103 cm³/mol. The number of hydrogen-bond acceptors (Lipinski definition) is 4. The van der Waals surface area contributed by atoms with E-state index in [2.05, 4.69) is 15.5 Å². The van der Waals surface area contributed by atoms with Gasteiger partial charge in [0.15, 0.2) is 0 Å². The molecule has 1 unspecified atom stereocenters. The van der Waals surface area contributed by atoms with E-state index in [0.717, 1.165) is 47.3 Å². The molecule has 1 aromatic heterocycles. The number of piperidine rings is 1. The first-order chi connectivity index (χ1) is 13.7. The number of H-pyrrole nitrogens is 1. The molecule has 3 aromatic rings. The molecule has 0 aliphatic carbocycles. The summed E-state index contributed by atoms with van der Waals surface area (Å²) >= 11 is 0. The number of nitrogens with zero attached hydrogens (tertiary/aromatic N) is 2. The molecule has 6 nitrogen and oxygen atoms in total. The number of anilines is 1. The summed E-state index contributed by atoms with van der Waals surface area (Å²) in [6.07, 6.45) is -1.34. The van der Waals surface area contributed by atoms with Gasteiger partial charge < -0.3 is 5.32 Å². The number of alkyl halides is 3. The number of hydrogen-bond donors (Lipinski definition) is 2. The molecule has 10 heteroatoms. The van der Waals surface area contributed by atoms with Crippen LogP contribution in [0.1, 0.15) is 18.4 Å². The first-order valence-corrected chi connectivity index (χ1v) is 10.5. The Morgan fingerprint density at radius 1 is 1.14 bits per heavy atom. The molecule has 0 spiro atoms. The van der Waals surface area contributed by atoms with Crippen LogP contribution in [0.3, 0.4) is 0 Å². The van der Waals surface area contributed by atoms with Crippen LogP contribution in [0.25, 0.3) is 10.9 Å². The van der Waals surface area contributed by atoms with Gasteiger partial charge >= 0.3 is 6.18 Å². The standard InChI is InChI=1S/C19H19F3N4O2S/c20-19(21,22)14-3-6-17(7-4-14)29(27,28)26-9-1-2-16(12-26)24-15-5-8-18-13(10-15)11-23-25-18/h3-8,10-11,16,24H,1-2,9,12H2,(H,23,25). The molecule has 0 amide bonds. The van der Waals surface area contributed by atoms with Crippen molar-refractivity contribution in [2.24, 2.45) is 0 Å². The van der Waals surface area contributed by atoms with Gasteiger partial charge in [0.25, 0.3) is 0 Å². The fourth-order valence-corrected chi connectivity index (χ4v) is 5.04. The summed E-state index contributed by atoms with van der Waals surface area (Å²) in [5.74, 6) is 0. The highest BCUT2D eigenvalue weighted by Gasteiger charge is 2.33. The number of benzene rings is 2. The Kier molecular flexibility index (Phi) is 4.99. The van der Waals surface area contributed by atoms with Gasteiger partial charge in [-0.3, -0.25) is 5.10 Å². The summed E-state index contributed by atoms with van der Waals surface area (Å²) in [4.78, 5) is -0.133. The maximum absolute atomic E-state index is 12.9. The lowest BCUT2D eigenvalue weighted by molar-refractivity contribution is -0.137. The average molecular weight is 424 g/mol. The Morgan fingerprint density at radius 3 is 2.62 bits per heavy atom. The topological polar surface area (TPSA) is 78.1 Å². The number of rotatable bonds is 4. The summed E-state index contributed by atoms with van der Waals surface area (Å²) < 4.78 is 65.3. The van der Waals surface area contributed by atoms with E-state index in [4.69, 9.17) is 0 Å². The molecule has 1 aliphatic heterocycles. The minimum atomic E-state index is -4.50. The van der Waals surface area contributed by atoms with Crippen molar-refractivity contribution in [1.82, 2.24) is 14.5 Å². The van der Waals surface area contributed by atoms with Crippen LogP contribution in [0, 0.1) is 0 Å². The SMILES string of the molecule is O=S(=O)(c1ccc(C(F)(F)F)cc1)N1CCCC(Nc2ccc3[nH]ncc3c2)C1. The third-order valence-electron chi connectivity index (χ3n) is 5.01. The van der Waals surface area contributed by atoms with Crippen molar-refractivity contribution in [3.05, 3.63) is 54.2 Å². The van der Waals surface area contributed by atoms with Gasteiger partial charge in [-0.15, -0.1) is 0 Å². The van der Waals surface area contributed by atoms with E-state index in [1.807, 2.05) is 18.2 Å². The molecule has 2 heterocycles. The molecule has 1 fully saturated rings. The second kappa shape index (κ2) is 7.34. The van der Waals surface area contributed by atoms with Gasteiger partial charge in [0.1, 0.15) is 0 Å². The van der Waals surface area contributed by atoms with Gasteiger partial charge in [-0.05, 0) is 55.3 Å². The molecular weight excluding hydrogens is 405 g/mol. The molecular formula is C19H19F3N4O2S. The Balaban J connectivity index is 1.49. The van der Waals surface area contributed by atoms with Crippen molar-refractivity contribution in [3.8, 4) is 0 Å². The molecule has 2 N–H and O–H groups in total. The van der Waals surface area contributed by atoms with Crippen molar-refractivity contribution >= 4 is 26.6 Å². The number of aromatic nitrogens is 2. The fraction of sp³-hybridized carbons (Fsp3) is 0.316. The van der Waals surface area contributed by atoms with Crippen LogP contribution in [-0.2, 0) is 16.2 Å². The largest absolute Gasteiger partial charge is 0.416 e. The van der Waals surface area contributed by atoms with Gasteiger partial charge in [-0.1, -0.05) is 0 Å². The van der Waals surface area contributed by atoms with Crippen LogP contribution in [-0.4, -0.2) is 42.1 Å². The molecule has 0 bridgehead atoms. The van der Waals surface area contributed by atoms with Gasteiger partial charge in [-0.25, -0.2) is 8.42 Å². The third-order valence-corrected chi connectivity index (χ3v) is 6.89. The molecule has 154 valence electrons. The summed E-state index contributed by atoms with van der Waals surface area (Å²) in [6.45, 7) is 0.578. The van der Waals surface area contributed by atoms with Crippen molar-refractivity contribution < 1.29 is 21.6 Å². The lowest BCUT2D eigenvalue weighted by Gasteiger charge is -2.33. The van der Waals surface area contributed by atoms with E-state index in [9.17, 15) is 21.6 Å². The highest BCUT2D eigenvalue weighted by Crippen LogP contribution is 2.31. The normalized spacial score (nSPS) is 18.8. The highest BCUT2D eigenvalue weighted by atomic mass is 32.2. The number of aromatic amines is 1. The monoisotopic (exact) mass is 424 g/mol. The number of fused-ring (bicyclic) bond motifs is 1. The molecule has 1 aliphatic rings. The Labute approximate surface area is 165 Å². The molecule has 29 heavy (non-hydrogen) atoms. The maximum Gasteiger partial charge on any atom is 0.416 e. The molecule has 0 saturated carbocycles. The second-order valence-electron chi connectivity index (χ2n) is 7.04. The van der Waals surface area contributed by atoms with E-state index < -0.39 is 21.8 Å². The smallest absolute Gasteiger partial charge is 0.381 e. The van der Waals surface area contributed by atoms with Crippen LogP contribution in [0.5, 0.6) is 0 Å². The number of sulfonamides is 1. The average Bonchev–Trinajstić information content (AvgIpc) is 3.15. The number of halogens is 3. The quantitative estimate of drug-likeness (QED) is 0.667. The second-order valence-corrected chi connectivity index (χ2v) is 8.98. The molecule has 0 radical (unpaired) electrons. The first-order valence-electron chi connectivity index (χ1n) is 9.10. The Bertz CT molecular complexity index is 1110. The minimum Gasteiger partial charge on any atom is -0.381 e. The maximum atomic E-state index is 12.9. The van der Waals surface area contributed by atoms with E-state index >= 15 is 0 Å². The van der Waals surface area contributed by atoms with Crippen molar-refractivity contribution in [1.29, 1.82) is 0 Å². The minimum absolute atomic E-state index is 0.0997.